The molecule has 3 aliphatic heterocycles. The summed E-state index contributed by atoms with van der Waals surface area (Å²) in [6, 6.07) is 34.9. The Bertz CT molecular complexity index is 2280. The van der Waals surface area contributed by atoms with Crippen molar-refractivity contribution in [3.8, 4) is 17.2 Å². The summed E-state index contributed by atoms with van der Waals surface area (Å²) in [5, 5.41) is 23.2. The van der Waals surface area contributed by atoms with Gasteiger partial charge in [-0.05, 0) is 72.5 Å². The molecule has 1 fully saturated rings. The molecule has 1 unspecified atom stereocenters. The third kappa shape index (κ3) is 12.4. The average molecular weight is 841 g/mol. The summed E-state index contributed by atoms with van der Waals surface area (Å²) in [6.45, 7) is 6.02. The van der Waals surface area contributed by atoms with Crippen molar-refractivity contribution in [2.75, 3.05) is 110 Å². The van der Waals surface area contributed by atoms with Crippen LogP contribution >= 0.6 is 0 Å². The van der Waals surface area contributed by atoms with Crippen molar-refractivity contribution in [3.05, 3.63) is 120 Å². The normalized spacial score (nSPS) is 16.4. The summed E-state index contributed by atoms with van der Waals surface area (Å²) >= 11 is 0. The molecule has 0 spiro atoms. The Morgan fingerprint density at radius 1 is 0.613 bits per heavy atom. The van der Waals surface area contributed by atoms with E-state index in [1.807, 2.05) is 72.8 Å². The van der Waals surface area contributed by atoms with Crippen LogP contribution in [0.3, 0.4) is 0 Å². The molecular weight excluding hydrogens is 789 g/mol. The van der Waals surface area contributed by atoms with Crippen LogP contribution < -0.4 is 35.8 Å². The second kappa shape index (κ2) is 21.6. The molecule has 62 heavy (non-hydrogen) atoms. The van der Waals surface area contributed by atoms with E-state index in [1.165, 1.54) is 5.56 Å². The molecule has 5 heterocycles. The first-order valence-electron chi connectivity index (χ1n) is 21.0. The van der Waals surface area contributed by atoms with Crippen molar-refractivity contribution in [3.63, 3.8) is 0 Å². The van der Waals surface area contributed by atoms with E-state index in [1.54, 1.807) is 12.1 Å². The van der Waals surface area contributed by atoms with E-state index in [0.29, 0.717) is 120 Å². The lowest BCUT2D eigenvalue weighted by atomic mass is 10.0. The van der Waals surface area contributed by atoms with Crippen molar-refractivity contribution in [1.29, 1.82) is 0 Å². The Hall–Kier alpha value is -6.82. The Morgan fingerprint density at radius 3 is 1.94 bits per heavy atom. The van der Waals surface area contributed by atoms with Crippen LogP contribution in [0.5, 0.6) is 17.2 Å². The van der Waals surface area contributed by atoms with Gasteiger partial charge in [0.05, 0.1) is 45.7 Å². The lowest BCUT2D eigenvalue weighted by Crippen LogP contribution is -2.55. The molecule has 0 aliphatic carbocycles. The number of piperazine rings is 1. The second-order valence-electron chi connectivity index (χ2n) is 14.6. The number of para-hydroxylation sites is 1. The highest BCUT2D eigenvalue weighted by Gasteiger charge is 2.32. The van der Waals surface area contributed by atoms with Crippen molar-refractivity contribution in [2.45, 2.75) is 18.9 Å². The SMILES string of the molecule is Oc1ccc(CCNc2nc3nc(n2)N2CCN(CC2Cc2ccccc2)c2nc(nc(Nc4ccc(Oc5ccccc5)cc4)n2)NCCOCCOCCOCCN3)cc1. The lowest BCUT2D eigenvalue weighted by Gasteiger charge is -2.41. The molecular formula is C45H52N12O5. The molecule has 322 valence electrons. The molecule has 6 aromatic rings. The fourth-order valence-corrected chi connectivity index (χ4v) is 7.01. The fourth-order valence-electron chi connectivity index (χ4n) is 7.01. The zero-order valence-corrected chi connectivity index (χ0v) is 34.5. The van der Waals surface area contributed by atoms with Gasteiger partial charge < -0.3 is 55.1 Å². The fraction of sp³-hybridized carbons (Fsp3) is 0.333. The number of aromatic nitrogens is 6. The zero-order valence-electron chi connectivity index (χ0n) is 34.5. The number of hydrogen-bond acceptors (Lipinski definition) is 17. The van der Waals surface area contributed by atoms with Crippen LogP contribution in [-0.4, -0.2) is 120 Å². The molecule has 1 saturated heterocycles. The number of nitrogens with one attached hydrogen (secondary N) is 4. The van der Waals surface area contributed by atoms with E-state index in [9.17, 15) is 5.11 Å². The Labute approximate surface area is 360 Å². The maximum absolute atomic E-state index is 9.74. The van der Waals surface area contributed by atoms with E-state index in [4.69, 9.17) is 48.9 Å². The van der Waals surface area contributed by atoms with Crippen molar-refractivity contribution in [1.82, 2.24) is 29.9 Å². The second-order valence-corrected chi connectivity index (χ2v) is 14.6. The number of anilines is 7. The van der Waals surface area contributed by atoms with Gasteiger partial charge in [0.25, 0.3) is 0 Å². The number of phenols is 1. The summed E-state index contributed by atoms with van der Waals surface area (Å²) in [5.41, 5.74) is 3.06. The third-order valence-electron chi connectivity index (χ3n) is 10.1. The minimum atomic E-state index is -0.0636. The number of aromatic hydroxyl groups is 1. The summed E-state index contributed by atoms with van der Waals surface area (Å²) in [6.07, 6.45) is 1.44. The number of ether oxygens (including phenoxy) is 4. The molecule has 3 aliphatic rings. The molecule has 0 amide bonds. The summed E-state index contributed by atoms with van der Waals surface area (Å²) in [4.78, 5) is 33.8. The van der Waals surface area contributed by atoms with E-state index in [0.717, 1.165) is 29.8 Å². The number of phenolic OH excluding ortho intramolecular Hbond substituents is 1. The van der Waals surface area contributed by atoms with Crippen LogP contribution in [0.1, 0.15) is 11.1 Å². The van der Waals surface area contributed by atoms with Crippen molar-refractivity contribution >= 4 is 41.4 Å². The molecule has 2 aromatic heterocycles. The lowest BCUT2D eigenvalue weighted by molar-refractivity contribution is 0.0183. The third-order valence-corrected chi connectivity index (χ3v) is 10.1. The van der Waals surface area contributed by atoms with Gasteiger partial charge in [-0.1, -0.05) is 60.7 Å². The number of rotatable bonds is 10. The maximum atomic E-state index is 9.74. The van der Waals surface area contributed by atoms with Gasteiger partial charge >= 0.3 is 0 Å². The molecule has 17 heteroatoms. The van der Waals surface area contributed by atoms with Crippen LogP contribution in [0, 0.1) is 0 Å². The molecule has 9 rings (SSSR count). The average Bonchev–Trinajstić information content (AvgIpc) is 3.29. The van der Waals surface area contributed by atoms with Gasteiger partial charge in [0.2, 0.25) is 35.7 Å². The minimum absolute atomic E-state index is 0.0636. The monoisotopic (exact) mass is 840 g/mol. The minimum Gasteiger partial charge on any atom is -0.508 e. The highest BCUT2D eigenvalue weighted by Crippen LogP contribution is 2.27. The van der Waals surface area contributed by atoms with Crippen LogP contribution in [0.4, 0.5) is 41.4 Å². The predicted octanol–water partition coefficient (Wildman–Crippen LogP) is 5.78. The first kappa shape index (κ1) is 41.9. The number of benzene rings is 4. The van der Waals surface area contributed by atoms with Gasteiger partial charge in [0.1, 0.15) is 17.2 Å². The number of nitrogens with zero attached hydrogens (tertiary/aromatic N) is 8. The van der Waals surface area contributed by atoms with Gasteiger partial charge in [0, 0.05) is 45.0 Å². The molecule has 0 saturated carbocycles. The van der Waals surface area contributed by atoms with Gasteiger partial charge in [-0.2, -0.15) is 29.9 Å². The highest BCUT2D eigenvalue weighted by molar-refractivity contribution is 5.58. The Kier molecular flexibility index (Phi) is 14.6. The molecule has 0 radical (unpaired) electrons. The van der Waals surface area contributed by atoms with E-state index >= 15 is 0 Å². The van der Waals surface area contributed by atoms with Crippen LogP contribution in [0.2, 0.25) is 0 Å². The Morgan fingerprint density at radius 2 is 1.23 bits per heavy atom. The first-order valence-corrected chi connectivity index (χ1v) is 21.0. The predicted molar refractivity (Wildman–Crippen MR) is 239 cm³/mol. The largest absolute Gasteiger partial charge is 0.508 e. The highest BCUT2D eigenvalue weighted by atomic mass is 16.5. The number of hydrogen-bond donors (Lipinski definition) is 5. The molecule has 4 aromatic carbocycles. The quantitative estimate of drug-likeness (QED) is 0.104. The van der Waals surface area contributed by atoms with Crippen LogP contribution in [0.25, 0.3) is 0 Å². The van der Waals surface area contributed by atoms with E-state index in [-0.39, 0.29) is 11.8 Å². The molecule has 17 nitrogen and oxygen atoms in total. The van der Waals surface area contributed by atoms with E-state index in [2.05, 4.69) is 55.3 Å². The van der Waals surface area contributed by atoms with Gasteiger partial charge in [-0.15, -0.1) is 0 Å². The van der Waals surface area contributed by atoms with Crippen molar-refractivity contribution < 1.29 is 24.1 Å². The van der Waals surface area contributed by atoms with Gasteiger partial charge in [-0.25, -0.2) is 0 Å². The summed E-state index contributed by atoms with van der Waals surface area (Å²) in [7, 11) is 0. The molecule has 5 N–H and O–H groups in total. The van der Waals surface area contributed by atoms with Crippen LogP contribution in [-0.2, 0) is 27.1 Å². The van der Waals surface area contributed by atoms with Gasteiger partial charge in [-0.3, -0.25) is 0 Å². The molecule has 1 atom stereocenters. The van der Waals surface area contributed by atoms with Gasteiger partial charge in [0.15, 0.2) is 0 Å². The smallest absolute Gasteiger partial charge is 0.233 e. The standard InChI is InChI=1S/C45H52N12O5/c58-37-15-11-33(12-16-37)19-20-46-40-50-41-47-21-25-59-27-29-61-30-28-60-26-22-48-42-51-43(49-35-13-17-39(18-14-35)62-38-9-5-2-6-10-38)55-44(52-42)56-23-24-57(45(53-40)54-41)36(32-56)31-34-7-3-1-4-8-34/h1-18,36,58H,19-32H2,(H2,46,47,50,53,54)(H2,48,49,51,52,55). The Balaban J connectivity index is 1.06. The van der Waals surface area contributed by atoms with E-state index < -0.39 is 0 Å². The summed E-state index contributed by atoms with van der Waals surface area (Å²) in [5.74, 6) is 4.54. The zero-order chi connectivity index (χ0) is 42.2. The molecule has 6 bridgehead atoms. The maximum Gasteiger partial charge on any atom is 0.233 e. The topological polar surface area (TPSA) is 189 Å². The van der Waals surface area contributed by atoms with Crippen LogP contribution in [0.15, 0.2) is 109 Å². The summed E-state index contributed by atoms with van der Waals surface area (Å²) < 4.78 is 23.4. The first-order chi connectivity index (χ1) is 30.6. The van der Waals surface area contributed by atoms with Crippen molar-refractivity contribution in [2.24, 2.45) is 0 Å². The number of fused-ring (bicyclic) bond motifs is 14.